The van der Waals surface area contributed by atoms with Crippen molar-refractivity contribution in [2.45, 2.75) is 13.3 Å². The minimum Gasteiger partial charge on any atom is -0.375 e. The first-order valence-electron chi connectivity index (χ1n) is 5.52. The van der Waals surface area contributed by atoms with E-state index in [1.807, 2.05) is 0 Å². The second-order valence-electron chi connectivity index (χ2n) is 4.41. The third-order valence-electron chi connectivity index (χ3n) is 2.57. The van der Waals surface area contributed by atoms with Crippen molar-refractivity contribution in [2.75, 3.05) is 39.1 Å². The number of hydrogen-bond donors (Lipinski definition) is 0. The van der Waals surface area contributed by atoms with Crippen LogP contribution in [0.4, 0.5) is 5.69 Å². The Hall–Kier alpha value is -1.02. The molecule has 1 rings (SSSR count). The summed E-state index contributed by atoms with van der Waals surface area (Å²) in [7, 11) is 6.39. The van der Waals surface area contributed by atoms with E-state index >= 15 is 0 Å². The lowest BCUT2D eigenvalue weighted by atomic mass is 10.2. The Balaban J connectivity index is 2.40. The van der Waals surface area contributed by atoms with Gasteiger partial charge in [0.15, 0.2) is 0 Å². The van der Waals surface area contributed by atoms with Gasteiger partial charge >= 0.3 is 0 Å². The topological polar surface area (TPSA) is 6.48 Å². The summed E-state index contributed by atoms with van der Waals surface area (Å²) in [6.07, 6.45) is 1.21. The fourth-order valence-corrected chi connectivity index (χ4v) is 1.55. The minimum absolute atomic E-state index is 1.11. The van der Waals surface area contributed by atoms with Crippen molar-refractivity contribution in [1.29, 1.82) is 0 Å². The van der Waals surface area contributed by atoms with Gasteiger partial charge in [-0.25, -0.2) is 0 Å². The van der Waals surface area contributed by atoms with Gasteiger partial charge in [-0.05, 0) is 46.1 Å². The first kappa shape index (κ1) is 12.1. The standard InChI is InChI=1S/C13H22N2/c1-12-6-8-13(9-7-12)15(4)11-5-10-14(2)3/h6-9H,5,10-11H2,1-4H3. The van der Waals surface area contributed by atoms with Crippen molar-refractivity contribution in [2.24, 2.45) is 0 Å². The van der Waals surface area contributed by atoms with Gasteiger partial charge in [0.1, 0.15) is 0 Å². The highest BCUT2D eigenvalue weighted by Gasteiger charge is 2.00. The minimum atomic E-state index is 1.11. The highest BCUT2D eigenvalue weighted by atomic mass is 15.1. The Bertz CT molecular complexity index is 277. The quantitative estimate of drug-likeness (QED) is 0.730. The van der Waals surface area contributed by atoms with Gasteiger partial charge in [-0.3, -0.25) is 0 Å². The van der Waals surface area contributed by atoms with E-state index in [1.165, 1.54) is 17.7 Å². The van der Waals surface area contributed by atoms with Gasteiger partial charge in [-0.15, -0.1) is 0 Å². The molecule has 0 spiro atoms. The van der Waals surface area contributed by atoms with Crippen LogP contribution in [0.25, 0.3) is 0 Å². The summed E-state index contributed by atoms with van der Waals surface area (Å²) >= 11 is 0. The predicted octanol–water partition coefficient (Wildman–Crippen LogP) is 2.38. The molecule has 0 N–H and O–H groups in total. The average molecular weight is 206 g/mol. The third kappa shape index (κ3) is 4.34. The SMILES string of the molecule is Cc1ccc(N(C)CCCN(C)C)cc1. The summed E-state index contributed by atoms with van der Waals surface area (Å²) in [5.74, 6) is 0. The number of aryl methyl sites for hydroxylation is 1. The van der Waals surface area contributed by atoms with Gasteiger partial charge < -0.3 is 9.80 Å². The van der Waals surface area contributed by atoms with Crippen molar-refractivity contribution in [1.82, 2.24) is 4.90 Å². The number of anilines is 1. The third-order valence-corrected chi connectivity index (χ3v) is 2.57. The molecule has 0 aliphatic carbocycles. The molecule has 0 radical (unpaired) electrons. The first-order valence-corrected chi connectivity index (χ1v) is 5.52. The van der Waals surface area contributed by atoms with E-state index in [0.717, 1.165) is 13.1 Å². The summed E-state index contributed by atoms with van der Waals surface area (Å²) in [6, 6.07) is 8.70. The molecule has 2 heteroatoms. The zero-order valence-electron chi connectivity index (χ0n) is 10.3. The van der Waals surface area contributed by atoms with Crippen LogP contribution >= 0.6 is 0 Å². The van der Waals surface area contributed by atoms with Crippen molar-refractivity contribution < 1.29 is 0 Å². The molecule has 0 aromatic heterocycles. The van der Waals surface area contributed by atoms with E-state index in [2.05, 4.69) is 62.1 Å². The molecular weight excluding hydrogens is 184 g/mol. The van der Waals surface area contributed by atoms with Gasteiger partial charge in [0.25, 0.3) is 0 Å². The van der Waals surface area contributed by atoms with Crippen LogP contribution < -0.4 is 4.90 Å². The van der Waals surface area contributed by atoms with E-state index in [9.17, 15) is 0 Å². The van der Waals surface area contributed by atoms with E-state index in [4.69, 9.17) is 0 Å². The summed E-state index contributed by atoms with van der Waals surface area (Å²) < 4.78 is 0. The van der Waals surface area contributed by atoms with Gasteiger partial charge in [0, 0.05) is 19.3 Å². The molecule has 0 heterocycles. The molecule has 15 heavy (non-hydrogen) atoms. The Kier molecular flexibility index (Phi) is 4.63. The fourth-order valence-electron chi connectivity index (χ4n) is 1.55. The van der Waals surface area contributed by atoms with Gasteiger partial charge in [0.05, 0.1) is 0 Å². The number of hydrogen-bond acceptors (Lipinski definition) is 2. The lowest BCUT2D eigenvalue weighted by molar-refractivity contribution is 0.401. The fraction of sp³-hybridized carbons (Fsp3) is 0.538. The number of rotatable bonds is 5. The van der Waals surface area contributed by atoms with Crippen molar-refractivity contribution >= 4 is 5.69 Å². The molecule has 1 aromatic rings. The molecule has 84 valence electrons. The molecule has 0 amide bonds. The van der Waals surface area contributed by atoms with Crippen LogP contribution in [0.2, 0.25) is 0 Å². The second-order valence-corrected chi connectivity index (χ2v) is 4.41. The smallest absolute Gasteiger partial charge is 0.0363 e. The molecule has 2 nitrogen and oxygen atoms in total. The van der Waals surface area contributed by atoms with E-state index in [1.54, 1.807) is 0 Å². The Labute approximate surface area is 93.5 Å². The van der Waals surface area contributed by atoms with Crippen molar-refractivity contribution in [3.05, 3.63) is 29.8 Å². The maximum absolute atomic E-state index is 2.31. The Morgan fingerprint density at radius 1 is 0.933 bits per heavy atom. The number of benzene rings is 1. The van der Waals surface area contributed by atoms with Crippen LogP contribution in [-0.4, -0.2) is 39.1 Å². The summed E-state index contributed by atoms with van der Waals surface area (Å²) in [5.41, 5.74) is 2.62. The predicted molar refractivity (Wildman–Crippen MR) is 67.6 cm³/mol. The summed E-state index contributed by atoms with van der Waals surface area (Å²) in [5, 5.41) is 0. The van der Waals surface area contributed by atoms with Gasteiger partial charge in [0.2, 0.25) is 0 Å². The average Bonchev–Trinajstić information content (AvgIpc) is 2.18. The van der Waals surface area contributed by atoms with E-state index < -0.39 is 0 Å². The molecule has 0 atom stereocenters. The van der Waals surface area contributed by atoms with Gasteiger partial charge in [-0.1, -0.05) is 17.7 Å². The highest BCUT2D eigenvalue weighted by Crippen LogP contribution is 2.13. The molecule has 0 fully saturated rings. The molecule has 0 aliphatic rings. The van der Waals surface area contributed by atoms with E-state index in [0.29, 0.717) is 0 Å². The van der Waals surface area contributed by atoms with Crippen LogP contribution in [0.15, 0.2) is 24.3 Å². The normalized spacial score (nSPS) is 10.7. The molecule has 0 bridgehead atoms. The van der Waals surface area contributed by atoms with Crippen LogP contribution in [0.5, 0.6) is 0 Å². The first-order chi connectivity index (χ1) is 7.09. The zero-order valence-corrected chi connectivity index (χ0v) is 10.3. The molecule has 0 aliphatic heterocycles. The maximum atomic E-state index is 2.31. The van der Waals surface area contributed by atoms with Gasteiger partial charge in [-0.2, -0.15) is 0 Å². The summed E-state index contributed by atoms with van der Waals surface area (Å²) in [4.78, 5) is 4.53. The van der Waals surface area contributed by atoms with Crippen LogP contribution in [0.1, 0.15) is 12.0 Å². The monoisotopic (exact) mass is 206 g/mol. The van der Waals surface area contributed by atoms with Crippen LogP contribution in [0, 0.1) is 6.92 Å². The Morgan fingerprint density at radius 3 is 2.07 bits per heavy atom. The molecule has 0 saturated carbocycles. The van der Waals surface area contributed by atoms with Crippen LogP contribution in [0.3, 0.4) is 0 Å². The maximum Gasteiger partial charge on any atom is 0.0363 e. The summed E-state index contributed by atoms with van der Waals surface area (Å²) in [6.45, 7) is 4.38. The second kappa shape index (κ2) is 5.76. The molecule has 0 unspecified atom stereocenters. The molecular formula is C13H22N2. The van der Waals surface area contributed by atoms with Crippen molar-refractivity contribution in [3.63, 3.8) is 0 Å². The lowest BCUT2D eigenvalue weighted by Gasteiger charge is -2.20. The van der Waals surface area contributed by atoms with Crippen molar-refractivity contribution in [3.8, 4) is 0 Å². The largest absolute Gasteiger partial charge is 0.375 e. The van der Waals surface area contributed by atoms with E-state index in [-0.39, 0.29) is 0 Å². The highest BCUT2D eigenvalue weighted by molar-refractivity contribution is 5.46. The molecule has 1 aromatic carbocycles. The molecule has 0 saturated heterocycles. The zero-order chi connectivity index (χ0) is 11.3. The lowest BCUT2D eigenvalue weighted by Crippen LogP contribution is -2.23. The van der Waals surface area contributed by atoms with Crippen LogP contribution in [-0.2, 0) is 0 Å². The Morgan fingerprint density at radius 2 is 1.53 bits per heavy atom. The number of nitrogens with zero attached hydrogens (tertiary/aromatic N) is 2.